The quantitative estimate of drug-likeness (QED) is 0.393. The predicted octanol–water partition coefficient (Wildman–Crippen LogP) is 5.38. The Bertz CT molecular complexity index is 1170. The molecular formula is C30H35FN2O3. The van der Waals surface area contributed by atoms with Gasteiger partial charge in [0.1, 0.15) is 17.6 Å². The molecule has 0 saturated carbocycles. The minimum atomic E-state index is -0.837. The second kappa shape index (κ2) is 12.9. The van der Waals surface area contributed by atoms with Crippen LogP contribution in [0.25, 0.3) is 0 Å². The van der Waals surface area contributed by atoms with Gasteiger partial charge in [-0.2, -0.15) is 0 Å². The predicted molar refractivity (Wildman–Crippen MR) is 140 cm³/mol. The Morgan fingerprint density at radius 2 is 1.69 bits per heavy atom. The number of halogens is 1. The third kappa shape index (κ3) is 7.41. The van der Waals surface area contributed by atoms with Gasteiger partial charge in [0.2, 0.25) is 5.91 Å². The lowest BCUT2D eigenvalue weighted by atomic mass is 10.0. The summed E-state index contributed by atoms with van der Waals surface area (Å²) in [6.07, 6.45) is 1.05. The summed E-state index contributed by atoms with van der Waals surface area (Å²) in [5.74, 6) is -0.478. The van der Waals surface area contributed by atoms with Crippen LogP contribution >= 0.6 is 0 Å². The molecule has 0 fully saturated rings. The molecule has 5 nitrogen and oxygen atoms in total. The molecule has 0 radical (unpaired) electrons. The number of carbonyl (C=O) groups excluding carboxylic acids is 2. The largest absolute Gasteiger partial charge is 0.483 e. The monoisotopic (exact) mass is 490 g/mol. The van der Waals surface area contributed by atoms with Crippen molar-refractivity contribution >= 4 is 11.8 Å². The SMILES string of the molecule is CC[C@@H](C)NC(=O)[C@@H](Cc1ccccc1)N(Cc1ccccc1F)C(=O)COc1cc(C)ccc1C. The van der Waals surface area contributed by atoms with E-state index < -0.39 is 11.9 Å². The normalized spacial score (nSPS) is 12.5. The molecule has 0 spiro atoms. The number of hydrogen-bond acceptors (Lipinski definition) is 3. The summed E-state index contributed by atoms with van der Waals surface area (Å²) in [4.78, 5) is 28.5. The van der Waals surface area contributed by atoms with E-state index in [4.69, 9.17) is 4.74 Å². The molecule has 3 aromatic carbocycles. The van der Waals surface area contributed by atoms with E-state index in [1.165, 1.54) is 11.0 Å². The van der Waals surface area contributed by atoms with E-state index in [9.17, 15) is 14.0 Å². The number of nitrogens with one attached hydrogen (secondary N) is 1. The van der Waals surface area contributed by atoms with E-state index >= 15 is 0 Å². The first-order valence-electron chi connectivity index (χ1n) is 12.4. The van der Waals surface area contributed by atoms with Crippen LogP contribution in [0.5, 0.6) is 5.75 Å². The Morgan fingerprint density at radius 1 is 1.00 bits per heavy atom. The Labute approximate surface area is 213 Å². The summed E-state index contributed by atoms with van der Waals surface area (Å²) >= 11 is 0. The fraction of sp³-hybridized carbons (Fsp3) is 0.333. The molecule has 2 amide bonds. The van der Waals surface area contributed by atoms with Crippen molar-refractivity contribution in [3.8, 4) is 5.75 Å². The van der Waals surface area contributed by atoms with Gasteiger partial charge in [-0.15, -0.1) is 0 Å². The van der Waals surface area contributed by atoms with Gasteiger partial charge in [0.25, 0.3) is 5.91 Å². The van der Waals surface area contributed by atoms with Gasteiger partial charge < -0.3 is 15.0 Å². The molecule has 190 valence electrons. The zero-order chi connectivity index (χ0) is 26.1. The molecule has 0 aliphatic rings. The average molecular weight is 491 g/mol. The van der Waals surface area contributed by atoms with Crippen LogP contribution in [0.4, 0.5) is 4.39 Å². The van der Waals surface area contributed by atoms with Crippen LogP contribution in [0.2, 0.25) is 0 Å². The Balaban J connectivity index is 1.94. The van der Waals surface area contributed by atoms with Crippen molar-refractivity contribution in [1.29, 1.82) is 0 Å². The highest BCUT2D eigenvalue weighted by Crippen LogP contribution is 2.21. The summed E-state index contributed by atoms with van der Waals surface area (Å²) in [5.41, 5.74) is 3.17. The van der Waals surface area contributed by atoms with E-state index in [0.29, 0.717) is 17.7 Å². The number of hydrogen-bond donors (Lipinski definition) is 1. The highest BCUT2D eigenvalue weighted by atomic mass is 19.1. The molecule has 0 unspecified atom stereocenters. The molecule has 0 aliphatic heterocycles. The number of amides is 2. The molecule has 0 saturated heterocycles. The lowest BCUT2D eigenvalue weighted by Gasteiger charge is -2.32. The lowest BCUT2D eigenvalue weighted by Crippen LogP contribution is -2.53. The average Bonchev–Trinajstić information content (AvgIpc) is 2.87. The summed E-state index contributed by atoms with van der Waals surface area (Å²) < 4.78 is 20.5. The first kappa shape index (κ1) is 26.9. The number of benzene rings is 3. The molecule has 3 aromatic rings. The third-order valence-corrected chi connectivity index (χ3v) is 6.27. The van der Waals surface area contributed by atoms with E-state index in [-0.39, 0.29) is 31.0 Å². The number of rotatable bonds is 11. The maximum atomic E-state index is 14.6. The van der Waals surface area contributed by atoms with Crippen LogP contribution in [0, 0.1) is 19.7 Å². The molecule has 0 aliphatic carbocycles. The summed E-state index contributed by atoms with van der Waals surface area (Å²) in [5, 5.41) is 3.01. The van der Waals surface area contributed by atoms with Gasteiger partial charge in [-0.1, -0.05) is 67.6 Å². The molecule has 0 aromatic heterocycles. The molecule has 3 rings (SSSR count). The van der Waals surface area contributed by atoms with E-state index in [1.807, 2.05) is 76.2 Å². The number of nitrogens with zero attached hydrogens (tertiary/aromatic N) is 1. The zero-order valence-corrected chi connectivity index (χ0v) is 21.5. The molecule has 0 heterocycles. The molecule has 0 bridgehead atoms. The van der Waals surface area contributed by atoms with Crippen molar-refractivity contribution in [3.63, 3.8) is 0 Å². The minimum Gasteiger partial charge on any atom is -0.483 e. The van der Waals surface area contributed by atoms with Gasteiger partial charge in [0.15, 0.2) is 6.61 Å². The summed E-state index contributed by atoms with van der Waals surface area (Å²) in [6.45, 7) is 7.46. The van der Waals surface area contributed by atoms with Crippen molar-refractivity contribution in [2.45, 2.75) is 59.2 Å². The Kier molecular flexibility index (Phi) is 9.62. The van der Waals surface area contributed by atoms with Crippen LogP contribution < -0.4 is 10.1 Å². The number of ether oxygens (including phenoxy) is 1. The van der Waals surface area contributed by atoms with Crippen LogP contribution in [0.3, 0.4) is 0 Å². The van der Waals surface area contributed by atoms with Crippen LogP contribution in [0.1, 0.15) is 42.5 Å². The maximum absolute atomic E-state index is 14.6. The van der Waals surface area contributed by atoms with Crippen LogP contribution in [0.15, 0.2) is 72.8 Å². The summed E-state index contributed by atoms with van der Waals surface area (Å²) in [6, 6.07) is 20.7. The molecular weight excluding hydrogens is 455 g/mol. The van der Waals surface area contributed by atoms with Gasteiger partial charge >= 0.3 is 0 Å². The van der Waals surface area contributed by atoms with Crippen molar-refractivity contribution in [3.05, 3.63) is 101 Å². The van der Waals surface area contributed by atoms with Crippen molar-refractivity contribution < 1.29 is 18.7 Å². The van der Waals surface area contributed by atoms with Crippen LogP contribution in [-0.4, -0.2) is 35.4 Å². The Hall–Kier alpha value is -3.67. The first-order chi connectivity index (χ1) is 17.3. The molecule has 1 N–H and O–H groups in total. The van der Waals surface area contributed by atoms with Gasteiger partial charge in [0, 0.05) is 24.6 Å². The van der Waals surface area contributed by atoms with Gasteiger partial charge in [-0.05, 0) is 56.0 Å². The van der Waals surface area contributed by atoms with Crippen molar-refractivity contribution in [2.24, 2.45) is 0 Å². The topological polar surface area (TPSA) is 58.6 Å². The van der Waals surface area contributed by atoms with Gasteiger partial charge in [-0.3, -0.25) is 9.59 Å². The smallest absolute Gasteiger partial charge is 0.261 e. The molecule has 2 atom stereocenters. The fourth-order valence-corrected chi connectivity index (χ4v) is 3.89. The Morgan fingerprint density at radius 3 is 2.39 bits per heavy atom. The molecule has 36 heavy (non-hydrogen) atoms. The standard InChI is InChI=1S/C30H35FN2O3/c1-5-23(4)32-30(35)27(18-24-11-7-6-8-12-24)33(19-25-13-9-10-14-26(25)31)29(34)20-36-28-17-21(2)15-16-22(28)3/h6-17,23,27H,5,18-20H2,1-4H3,(H,32,35)/t23-,27-/m1/s1. The zero-order valence-electron chi connectivity index (χ0n) is 21.5. The third-order valence-electron chi connectivity index (χ3n) is 6.27. The summed E-state index contributed by atoms with van der Waals surface area (Å²) in [7, 11) is 0. The van der Waals surface area contributed by atoms with E-state index in [0.717, 1.165) is 23.1 Å². The number of carbonyl (C=O) groups is 2. The van der Waals surface area contributed by atoms with Crippen molar-refractivity contribution in [2.75, 3.05) is 6.61 Å². The maximum Gasteiger partial charge on any atom is 0.261 e. The lowest BCUT2D eigenvalue weighted by molar-refractivity contribution is -0.143. The fourth-order valence-electron chi connectivity index (χ4n) is 3.89. The van der Waals surface area contributed by atoms with Crippen molar-refractivity contribution in [1.82, 2.24) is 10.2 Å². The van der Waals surface area contributed by atoms with Gasteiger partial charge in [-0.25, -0.2) is 4.39 Å². The van der Waals surface area contributed by atoms with Crippen LogP contribution in [-0.2, 0) is 22.6 Å². The first-order valence-corrected chi connectivity index (χ1v) is 12.4. The highest BCUT2D eigenvalue weighted by molar-refractivity contribution is 5.88. The highest BCUT2D eigenvalue weighted by Gasteiger charge is 2.31. The minimum absolute atomic E-state index is 0.0485. The van der Waals surface area contributed by atoms with E-state index in [1.54, 1.807) is 18.2 Å². The molecule has 6 heteroatoms. The van der Waals surface area contributed by atoms with E-state index in [2.05, 4.69) is 5.32 Å². The van der Waals surface area contributed by atoms with Gasteiger partial charge in [0.05, 0.1) is 0 Å². The number of aryl methyl sites for hydroxylation is 2. The second-order valence-corrected chi connectivity index (χ2v) is 9.19. The second-order valence-electron chi connectivity index (χ2n) is 9.19.